The first-order valence-corrected chi connectivity index (χ1v) is 25.5. The SMILES string of the molecule is COc1cc(C(=O)N2c3ccccc3C[C@H]2C)c(N)cc1OCc1cc(COc2cc3c(cc2OC)C(=O)N2c4ccccc4C[C@H]2C=N3)cc(OCCCCC(=O)NCCSSc2ccccn2)c1. The predicted molar refractivity (Wildman–Crippen MR) is 276 cm³/mol. The summed E-state index contributed by atoms with van der Waals surface area (Å²) in [5.74, 6) is 2.53. The summed E-state index contributed by atoms with van der Waals surface area (Å²) >= 11 is 0. The van der Waals surface area contributed by atoms with E-state index in [2.05, 4.69) is 10.3 Å². The van der Waals surface area contributed by atoms with E-state index in [-0.39, 0.29) is 48.7 Å². The predicted octanol–water partition coefficient (Wildman–Crippen LogP) is 9.82. The number of amides is 3. The quantitative estimate of drug-likeness (QED) is 0.0423. The smallest absolute Gasteiger partial charge is 0.261 e. The molecule has 0 radical (unpaired) electrons. The van der Waals surface area contributed by atoms with Gasteiger partial charge in [-0.15, -0.1) is 0 Å². The van der Waals surface area contributed by atoms with Gasteiger partial charge in [-0.1, -0.05) is 53.3 Å². The molecule has 3 amide bonds. The molecule has 0 aliphatic carbocycles. The molecule has 16 heteroatoms. The molecular formula is C54H54N6O8S2. The highest BCUT2D eigenvalue weighted by molar-refractivity contribution is 8.76. The van der Waals surface area contributed by atoms with Crippen molar-refractivity contribution in [2.24, 2.45) is 4.99 Å². The van der Waals surface area contributed by atoms with Crippen LogP contribution >= 0.6 is 21.6 Å². The first kappa shape index (κ1) is 47.9. The Hall–Kier alpha value is -7.17. The number of unbranched alkanes of at least 4 members (excludes halogenated alkanes) is 1. The van der Waals surface area contributed by atoms with Crippen molar-refractivity contribution in [3.8, 4) is 28.7 Å². The number of hydrogen-bond donors (Lipinski definition) is 2. The normalized spacial score (nSPS) is 15.3. The molecule has 3 N–H and O–H groups in total. The van der Waals surface area contributed by atoms with E-state index >= 15 is 0 Å². The number of nitrogens with one attached hydrogen (secondary N) is 1. The molecule has 4 heterocycles. The van der Waals surface area contributed by atoms with Gasteiger partial charge in [0.2, 0.25) is 5.91 Å². The number of fused-ring (bicyclic) bond motifs is 5. The van der Waals surface area contributed by atoms with E-state index in [1.807, 2.05) is 98.1 Å². The van der Waals surface area contributed by atoms with E-state index in [9.17, 15) is 14.4 Å². The molecule has 1 aromatic heterocycles. The Kier molecular flexibility index (Phi) is 15.1. The summed E-state index contributed by atoms with van der Waals surface area (Å²) in [5, 5.41) is 3.93. The molecule has 0 saturated heterocycles. The molecule has 5 aromatic carbocycles. The van der Waals surface area contributed by atoms with Gasteiger partial charge in [0.1, 0.15) is 24.0 Å². The minimum atomic E-state index is -0.212. The summed E-state index contributed by atoms with van der Waals surface area (Å²) in [6.45, 7) is 3.19. The van der Waals surface area contributed by atoms with E-state index in [1.165, 1.54) is 7.11 Å². The van der Waals surface area contributed by atoms with E-state index in [0.29, 0.717) is 84.4 Å². The molecular weight excluding hydrogens is 925 g/mol. The minimum absolute atomic E-state index is 0.000369. The minimum Gasteiger partial charge on any atom is -0.494 e. The van der Waals surface area contributed by atoms with Gasteiger partial charge >= 0.3 is 0 Å². The number of hydrogen-bond acceptors (Lipinski definition) is 13. The maximum Gasteiger partial charge on any atom is 0.261 e. The Morgan fingerprint density at radius 1 is 0.786 bits per heavy atom. The number of para-hydroxylation sites is 2. The average molecular weight is 979 g/mol. The molecule has 2 atom stereocenters. The lowest BCUT2D eigenvalue weighted by molar-refractivity contribution is -0.121. The van der Waals surface area contributed by atoms with Crippen molar-refractivity contribution >= 4 is 68.3 Å². The fraction of sp³-hybridized carbons (Fsp3) is 0.278. The summed E-state index contributed by atoms with van der Waals surface area (Å²) in [5.41, 5.74) is 13.6. The Bertz CT molecular complexity index is 2920. The lowest BCUT2D eigenvalue weighted by Gasteiger charge is -2.24. The molecule has 6 aromatic rings. The van der Waals surface area contributed by atoms with Crippen molar-refractivity contribution < 1.29 is 38.1 Å². The molecule has 70 heavy (non-hydrogen) atoms. The van der Waals surface area contributed by atoms with Gasteiger partial charge in [-0.25, -0.2) is 4.98 Å². The van der Waals surface area contributed by atoms with Crippen LogP contribution in [0.4, 0.5) is 22.7 Å². The van der Waals surface area contributed by atoms with Crippen LogP contribution in [0, 0.1) is 0 Å². The van der Waals surface area contributed by atoms with E-state index in [4.69, 9.17) is 34.4 Å². The van der Waals surface area contributed by atoms with Crippen molar-refractivity contribution in [1.82, 2.24) is 10.3 Å². The second-order valence-electron chi connectivity index (χ2n) is 17.1. The number of carbonyl (C=O) groups is 3. The van der Waals surface area contributed by atoms with E-state index < -0.39 is 0 Å². The zero-order valence-electron chi connectivity index (χ0n) is 39.2. The monoisotopic (exact) mass is 978 g/mol. The highest BCUT2D eigenvalue weighted by Gasteiger charge is 2.37. The first-order chi connectivity index (χ1) is 34.2. The van der Waals surface area contributed by atoms with Gasteiger partial charge in [0.05, 0.1) is 43.7 Å². The van der Waals surface area contributed by atoms with Gasteiger partial charge in [0, 0.05) is 72.8 Å². The molecule has 3 aliphatic rings. The van der Waals surface area contributed by atoms with Crippen LogP contribution in [0.2, 0.25) is 0 Å². The van der Waals surface area contributed by atoms with Gasteiger partial charge in [0.25, 0.3) is 11.8 Å². The van der Waals surface area contributed by atoms with Crippen LogP contribution in [-0.2, 0) is 30.8 Å². The lowest BCUT2D eigenvalue weighted by Crippen LogP contribution is -2.37. The molecule has 0 fully saturated rings. The fourth-order valence-electron chi connectivity index (χ4n) is 8.92. The number of pyridine rings is 1. The lowest BCUT2D eigenvalue weighted by atomic mass is 10.1. The van der Waals surface area contributed by atoms with Crippen molar-refractivity contribution in [3.63, 3.8) is 0 Å². The number of aliphatic imine (C=N–C) groups is 1. The Balaban J connectivity index is 0.880. The van der Waals surface area contributed by atoms with Crippen molar-refractivity contribution in [2.75, 3.05) is 48.7 Å². The number of nitrogens with zero attached hydrogens (tertiary/aromatic N) is 4. The number of anilines is 3. The molecule has 9 rings (SSSR count). The largest absolute Gasteiger partial charge is 0.494 e. The molecule has 360 valence electrons. The fourth-order valence-corrected chi connectivity index (χ4v) is 10.7. The average Bonchev–Trinajstić information content (AvgIpc) is 3.89. The van der Waals surface area contributed by atoms with Crippen LogP contribution in [0.3, 0.4) is 0 Å². The number of nitrogens with two attached hydrogens (primary N) is 1. The summed E-state index contributed by atoms with van der Waals surface area (Å²) in [4.78, 5) is 53.3. The summed E-state index contributed by atoms with van der Waals surface area (Å²) in [6, 6.07) is 33.8. The summed E-state index contributed by atoms with van der Waals surface area (Å²) < 4.78 is 30.6. The number of nitrogen functional groups attached to an aromatic ring is 1. The summed E-state index contributed by atoms with van der Waals surface area (Å²) in [7, 11) is 6.31. The number of ether oxygens (including phenoxy) is 5. The highest BCUT2D eigenvalue weighted by Crippen LogP contribution is 2.42. The second-order valence-corrected chi connectivity index (χ2v) is 19.5. The third kappa shape index (κ3) is 10.8. The zero-order valence-corrected chi connectivity index (χ0v) is 40.9. The van der Waals surface area contributed by atoms with Crippen LogP contribution in [-0.4, -0.2) is 74.1 Å². The number of rotatable bonds is 20. The molecule has 0 bridgehead atoms. The third-order valence-corrected chi connectivity index (χ3v) is 14.6. The molecule has 3 aliphatic heterocycles. The van der Waals surface area contributed by atoms with Crippen LogP contribution in [0.1, 0.15) is 69.2 Å². The number of methoxy groups -OCH3 is 2. The Morgan fingerprint density at radius 3 is 2.23 bits per heavy atom. The summed E-state index contributed by atoms with van der Waals surface area (Å²) in [6.07, 6.45) is 6.73. The van der Waals surface area contributed by atoms with Gasteiger partial charge in [-0.05, 0) is 114 Å². The van der Waals surface area contributed by atoms with Crippen molar-refractivity contribution in [3.05, 3.63) is 149 Å². The zero-order chi connectivity index (χ0) is 48.6. The molecule has 14 nitrogen and oxygen atoms in total. The second kappa shape index (κ2) is 22.1. The third-order valence-electron chi connectivity index (χ3n) is 12.3. The first-order valence-electron chi connectivity index (χ1n) is 23.2. The maximum atomic E-state index is 14.0. The maximum absolute atomic E-state index is 14.0. The van der Waals surface area contributed by atoms with Crippen molar-refractivity contribution in [2.45, 2.75) is 69.4 Å². The number of aromatic nitrogens is 1. The molecule has 0 spiro atoms. The van der Waals surface area contributed by atoms with Crippen molar-refractivity contribution in [1.29, 1.82) is 0 Å². The van der Waals surface area contributed by atoms with Crippen LogP contribution in [0.15, 0.2) is 125 Å². The van der Waals surface area contributed by atoms with E-state index in [0.717, 1.165) is 50.8 Å². The molecule has 0 unspecified atom stereocenters. The Labute approximate surface area is 415 Å². The highest BCUT2D eigenvalue weighted by atomic mass is 33.1. The number of carbonyl (C=O) groups excluding carboxylic acids is 3. The van der Waals surface area contributed by atoms with Gasteiger partial charge < -0.3 is 39.6 Å². The van der Waals surface area contributed by atoms with Crippen LogP contribution in [0.5, 0.6) is 28.7 Å². The molecule has 0 saturated carbocycles. The van der Waals surface area contributed by atoms with Crippen LogP contribution in [0.25, 0.3) is 0 Å². The topological polar surface area (TPSA) is 167 Å². The van der Waals surface area contributed by atoms with Gasteiger partial charge in [-0.2, -0.15) is 0 Å². The van der Waals surface area contributed by atoms with E-state index in [1.54, 1.807) is 69.0 Å². The number of benzene rings is 5. The standard InChI is InChI=1S/C54H54N6O8S2/c1-34-22-37-12-4-6-14-45(37)59(34)53(62)41-27-47(64-2)49(29-43(41)55)67-32-35-23-36(25-40(24-35)66-20-11-9-16-51(61)56-19-21-69-70-52-17-8-10-18-57-52)33-68-50-30-44-42(28-48(50)65-3)54(63)60-39(31-58-44)26-38-13-5-7-15-46(38)60/h4-8,10,12-15,17-18,23-25,27-31,34,39H,9,11,16,19-22,26,32-33,55H2,1-3H3,(H,56,61)/t34-,39+/m1/s1. The van der Waals surface area contributed by atoms with Crippen LogP contribution < -0.4 is 44.5 Å². The van der Waals surface area contributed by atoms with Gasteiger partial charge in [-0.3, -0.25) is 24.3 Å². The Morgan fingerprint density at radius 2 is 1.49 bits per heavy atom. The van der Waals surface area contributed by atoms with Gasteiger partial charge in [0.15, 0.2) is 23.0 Å².